The largest absolute Gasteiger partial charge is 0.490 e. The normalized spacial score (nSPS) is 15.1. The van der Waals surface area contributed by atoms with Gasteiger partial charge in [0.2, 0.25) is 5.91 Å². The van der Waals surface area contributed by atoms with Crippen molar-refractivity contribution in [2.45, 2.75) is 58.8 Å². The Morgan fingerprint density at radius 3 is 2.50 bits per heavy atom. The van der Waals surface area contributed by atoms with E-state index in [2.05, 4.69) is 5.32 Å². The molecule has 1 N–H and O–H groups in total. The minimum atomic E-state index is 0.146. The lowest BCUT2D eigenvalue weighted by atomic mass is 9.89. The van der Waals surface area contributed by atoms with E-state index >= 15 is 0 Å². The Labute approximate surface area is 145 Å². The fourth-order valence-electron chi connectivity index (χ4n) is 3.25. The highest BCUT2D eigenvalue weighted by Gasteiger charge is 2.14. The van der Waals surface area contributed by atoms with E-state index in [1.807, 2.05) is 32.0 Å². The van der Waals surface area contributed by atoms with E-state index in [0.29, 0.717) is 25.6 Å². The van der Waals surface area contributed by atoms with E-state index in [9.17, 15) is 4.79 Å². The molecule has 4 heteroatoms. The average molecular weight is 333 g/mol. The van der Waals surface area contributed by atoms with Gasteiger partial charge in [0.15, 0.2) is 11.5 Å². The monoisotopic (exact) mass is 333 g/mol. The Kier molecular flexibility index (Phi) is 7.93. The molecule has 0 heterocycles. The van der Waals surface area contributed by atoms with Crippen LogP contribution in [0.15, 0.2) is 18.2 Å². The number of rotatable bonds is 9. The smallest absolute Gasteiger partial charge is 0.220 e. The van der Waals surface area contributed by atoms with E-state index in [-0.39, 0.29) is 5.91 Å². The summed E-state index contributed by atoms with van der Waals surface area (Å²) in [5.41, 5.74) is 1.11. The highest BCUT2D eigenvalue weighted by Crippen LogP contribution is 2.29. The number of aryl methyl sites for hydroxylation is 1. The summed E-state index contributed by atoms with van der Waals surface area (Å²) in [7, 11) is 0. The Balaban J connectivity index is 1.79. The third-order valence-corrected chi connectivity index (χ3v) is 4.56. The topological polar surface area (TPSA) is 47.6 Å². The maximum Gasteiger partial charge on any atom is 0.220 e. The summed E-state index contributed by atoms with van der Waals surface area (Å²) in [5.74, 6) is 2.36. The zero-order chi connectivity index (χ0) is 17.2. The van der Waals surface area contributed by atoms with Gasteiger partial charge in [-0.1, -0.05) is 25.3 Å². The van der Waals surface area contributed by atoms with Gasteiger partial charge in [-0.05, 0) is 56.7 Å². The molecule has 1 aromatic carbocycles. The van der Waals surface area contributed by atoms with Crippen LogP contribution in [0.25, 0.3) is 0 Å². The molecule has 4 nitrogen and oxygen atoms in total. The van der Waals surface area contributed by atoms with E-state index < -0.39 is 0 Å². The van der Waals surface area contributed by atoms with Crippen molar-refractivity contribution in [2.75, 3.05) is 19.8 Å². The zero-order valence-electron chi connectivity index (χ0n) is 15.1. The van der Waals surface area contributed by atoms with E-state index in [1.165, 1.54) is 32.1 Å². The number of hydrogen-bond donors (Lipinski definition) is 1. The molecule has 0 saturated heterocycles. The zero-order valence-corrected chi connectivity index (χ0v) is 15.1. The second-order valence-corrected chi connectivity index (χ2v) is 6.46. The molecule has 0 bridgehead atoms. The molecular formula is C20H31NO3. The van der Waals surface area contributed by atoms with Crippen LogP contribution in [-0.2, 0) is 11.2 Å². The van der Waals surface area contributed by atoms with Crippen molar-refractivity contribution >= 4 is 5.91 Å². The van der Waals surface area contributed by atoms with Crippen molar-refractivity contribution in [3.05, 3.63) is 23.8 Å². The standard InChI is InChI=1S/C20H31NO3/c1-3-23-18-12-10-16(14-19(18)24-4-2)11-13-20(22)21-15-17-8-6-5-7-9-17/h10,12,14,17H,3-9,11,13,15H2,1-2H3,(H,21,22). The number of carbonyl (C=O) groups is 1. The van der Waals surface area contributed by atoms with E-state index in [0.717, 1.165) is 30.0 Å². The SMILES string of the molecule is CCOc1ccc(CCC(=O)NCC2CCCCC2)cc1OCC. The molecule has 0 aromatic heterocycles. The molecule has 1 amide bonds. The van der Waals surface area contributed by atoms with Crippen molar-refractivity contribution in [3.63, 3.8) is 0 Å². The van der Waals surface area contributed by atoms with Crippen molar-refractivity contribution < 1.29 is 14.3 Å². The van der Waals surface area contributed by atoms with Crippen molar-refractivity contribution in [1.82, 2.24) is 5.32 Å². The molecule has 0 unspecified atom stereocenters. The lowest BCUT2D eigenvalue weighted by molar-refractivity contribution is -0.121. The van der Waals surface area contributed by atoms with Gasteiger partial charge in [0, 0.05) is 13.0 Å². The molecule has 0 spiro atoms. The minimum absolute atomic E-state index is 0.146. The van der Waals surface area contributed by atoms with Gasteiger partial charge in [-0.15, -0.1) is 0 Å². The van der Waals surface area contributed by atoms with Gasteiger partial charge in [0.1, 0.15) is 0 Å². The van der Waals surface area contributed by atoms with Crippen LogP contribution in [-0.4, -0.2) is 25.7 Å². The first-order valence-electron chi connectivity index (χ1n) is 9.38. The van der Waals surface area contributed by atoms with Crippen LogP contribution in [0.4, 0.5) is 0 Å². The number of hydrogen-bond acceptors (Lipinski definition) is 3. The Bertz CT molecular complexity index is 510. The molecule has 1 aliphatic rings. The van der Waals surface area contributed by atoms with Crippen molar-refractivity contribution in [2.24, 2.45) is 5.92 Å². The predicted octanol–water partition coefficient (Wildman–Crippen LogP) is 4.11. The molecule has 1 saturated carbocycles. The van der Waals surface area contributed by atoms with Gasteiger partial charge in [-0.2, -0.15) is 0 Å². The summed E-state index contributed by atoms with van der Waals surface area (Å²) < 4.78 is 11.2. The summed E-state index contributed by atoms with van der Waals surface area (Å²) in [6.45, 7) is 5.97. The van der Waals surface area contributed by atoms with Crippen molar-refractivity contribution in [3.8, 4) is 11.5 Å². The van der Waals surface area contributed by atoms with Crippen LogP contribution < -0.4 is 14.8 Å². The van der Waals surface area contributed by atoms with Gasteiger partial charge >= 0.3 is 0 Å². The van der Waals surface area contributed by atoms with Crippen LogP contribution >= 0.6 is 0 Å². The highest BCUT2D eigenvalue weighted by molar-refractivity contribution is 5.76. The fourth-order valence-corrected chi connectivity index (χ4v) is 3.25. The first-order chi connectivity index (χ1) is 11.7. The third-order valence-electron chi connectivity index (χ3n) is 4.56. The summed E-state index contributed by atoms with van der Waals surface area (Å²) in [5, 5.41) is 3.10. The number of amides is 1. The molecule has 1 fully saturated rings. The van der Waals surface area contributed by atoms with Crippen LogP contribution in [0.3, 0.4) is 0 Å². The Morgan fingerprint density at radius 1 is 1.08 bits per heavy atom. The number of ether oxygens (including phenoxy) is 2. The predicted molar refractivity (Wildman–Crippen MR) is 96.7 cm³/mol. The average Bonchev–Trinajstić information content (AvgIpc) is 2.61. The number of nitrogens with one attached hydrogen (secondary N) is 1. The summed E-state index contributed by atoms with van der Waals surface area (Å²) in [6, 6.07) is 5.94. The Morgan fingerprint density at radius 2 is 1.79 bits per heavy atom. The van der Waals surface area contributed by atoms with Crippen LogP contribution in [0.1, 0.15) is 57.9 Å². The lowest BCUT2D eigenvalue weighted by Crippen LogP contribution is -2.30. The molecule has 0 atom stereocenters. The van der Waals surface area contributed by atoms with Crippen LogP contribution in [0, 0.1) is 5.92 Å². The molecule has 0 aliphatic heterocycles. The molecule has 1 aliphatic carbocycles. The van der Waals surface area contributed by atoms with Gasteiger partial charge in [-0.25, -0.2) is 0 Å². The maximum atomic E-state index is 12.1. The quantitative estimate of drug-likeness (QED) is 0.740. The van der Waals surface area contributed by atoms with E-state index in [4.69, 9.17) is 9.47 Å². The molecule has 134 valence electrons. The summed E-state index contributed by atoms with van der Waals surface area (Å²) >= 11 is 0. The van der Waals surface area contributed by atoms with Crippen LogP contribution in [0.5, 0.6) is 11.5 Å². The maximum absolute atomic E-state index is 12.1. The van der Waals surface area contributed by atoms with Crippen molar-refractivity contribution in [1.29, 1.82) is 0 Å². The summed E-state index contributed by atoms with van der Waals surface area (Å²) in [4.78, 5) is 12.1. The first kappa shape index (κ1) is 18.6. The molecule has 2 rings (SSSR count). The van der Waals surface area contributed by atoms with Gasteiger partial charge in [-0.3, -0.25) is 4.79 Å². The fraction of sp³-hybridized carbons (Fsp3) is 0.650. The molecular weight excluding hydrogens is 302 g/mol. The van der Waals surface area contributed by atoms with Crippen LogP contribution in [0.2, 0.25) is 0 Å². The molecule has 0 radical (unpaired) electrons. The van der Waals surface area contributed by atoms with Gasteiger partial charge in [0.25, 0.3) is 0 Å². The van der Waals surface area contributed by atoms with Gasteiger partial charge < -0.3 is 14.8 Å². The minimum Gasteiger partial charge on any atom is -0.490 e. The number of carbonyl (C=O) groups excluding carboxylic acids is 1. The molecule has 24 heavy (non-hydrogen) atoms. The van der Waals surface area contributed by atoms with E-state index in [1.54, 1.807) is 0 Å². The lowest BCUT2D eigenvalue weighted by Gasteiger charge is -2.21. The summed E-state index contributed by atoms with van der Waals surface area (Å²) in [6.07, 6.45) is 7.74. The number of benzene rings is 1. The molecule has 1 aromatic rings. The first-order valence-corrected chi connectivity index (χ1v) is 9.38. The second-order valence-electron chi connectivity index (χ2n) is 6.46. The highest BCUT2D eigenvalue weighted by atomic mass is 16.5. The third kappa shape index (κ3) is 6.06. The Hall–Kier alpha value is -1.71. The van der Waals surface area contributed by atoms with Gasteiger partial charge in [0.05, 0.1) is 13.2 Å². The second kappa shape index (κ2) is 10.2.